The highest BCUT2D eigenvalue weighted by Gasteiger charge is 2.46. The number of nitrogens with zero attached hydrogens (tertiary/aromatic N) is 2. The number of hydrogen-bond donors (Lipinski definition) is 1. The van der Waals surface area contributed by atoms with E-state index in [1.807, 2.05) is 91.9 Å². The van der Waals surface area contributed by atoms with E-state index in [4.69, 9.17) is 9.47 Å². The highest BCUT2D eigenvalue weighted by Crippen LogP contribution is 2.41. The van der Waals surface area contributed by atoms with Gasteiger partial charge in [-0.05, 0) is 79.2 Å². The van der Waals surface area contributed by atoms with Gasteiger partial charge in [-0.15, -0.1) is 0 Å². The van der Waals surface area contributed by atoms with Crippen LogP contribution in [0.1, 0.15) is 42.1 Å². The molecule has 0 bridgehead atoms. The van der Waals surface area contributed by atoms with Crippen LogP contribution in [0.3, 0.4) is 0 Å². The molecule has 1 aliphatic heterocycles. The maximum Gasteiger partial charge on any atom is 0.295 e. The Labute approximate surface area is 259 Å². The first kappa shape index (κ1) is 30.6. The van der Waals surface area contributed by atoms with Crippen LogP contribution in [-0.2, 0) is 16.2 Å². The number of rotatable bonds is 12. The summed E-state index contributed by atoms with van der Waals surface area (Å²) in [6.07, 6.45) is 0. The van der Waals surface area contributed by atoms with Gasteiger partial charge in [-0.1, -0.05) is 74.5 Å². The lowest BCUT2D eigenvalue weighted by molar-refractivity contribution is -0.140. The second kappa shape index (κ2) is 14.1. The molecule has 1 saturated heterocycles. The average Bonchev–Trinajstić information content (AvgIpc) is 3.30. The van der Waals surface area contributed by atoms with Crippen LogP contribution < -0.4 is 9.47 Å². The smallest absolute Gasteiger partial charge is 0.295 e. The third-order valence-electron chi connectivity index (χ3n) is 7.93. The monoisotopic (exact) mass is 590 g/mol. The number of benzene rings is 4. The second-order valence-corrected chi connectivity index (χ2v) is 10.8. The fourth-order valence-electron chi connectivity index (χ4n) is 5.47. The fourth-order valence-corrected chi connectivity index (χ4v) is 5.47. The van der Waals surface area contributed by atoms with Gasteiger partial charge in [0.15, 0.2) is 0 Å². The molecule has 0 aliphatic carbocycles. The molecular weight excluding hydrogens is 552 g/mol. The van der Waals surface area contributed by atoms with E-state index in [-0.39, 0.29) is 11.3 Å². The number of hydrogen-bond acceptors (Lipinski definition) is 6. The van der Waals surface area contributed by atoms with Gasteiger partial charge < -0.3 is 24.4 Å². The summed E-state index contributed by atoms with van der Waals surface area (Å²) in [5, 5.41) is 11.7. The first-order chi connectivity index (χ1) is 21.4. The summed E-state index contributed by atoms with van der Waals surface area (Å²) in [6, 6.07) is 31.1. The first-order valence-electron chi connectivity index (χ1n) is 15.0. The predicted octanol–water partition coefficient (Wildman–Crippen LogP) is 7.13. The fraction of sp³-hybridized carbons (Fsp3) is 0.243. The van der Waals surface area contributed by atoms with Gasteiger partial charge in [0.25, 0.3) is 11.7 Å². The number of likely N-dealkylation sites (tertiary alicyclic amines) is 1. The minimum absolute atomic E-state index is 0.0590. The molecule has 1 N–H and O–H groups in total. The van der Waals surface area contributed by atoms with E-state index in [2.05, 4.69) is 18.7 Å². The molecular formula is C37H38N2O5. The van der Waals surface area contributed by atoms with Crippen LogP contribution in [0.5, 0.6) is 17.2 Å². The Morgan fingerprint density at radius 3 is 2.20 bits per heavy atom. The molecule has 44 heavy (non-hydrogen) atoms. The summed E-state index contributed by atoms with van der Waals surface area (Å²) < 4.78 is 12.1. The van der Waals surface area contributed by atoms with Crippen LogP contribution in [0.2, 0.25) is 0 Å². The molecule has 1 aliphatic rings. The van der Waals surface area contributed by atoms with Gasteiger partial charge in [0.05, 0.1) is 11.6 Å². The zero-order valence-corrected chi connectivity index (χ0v) is 25.4. The summed E-state index contributed by atoms with van der Waals surface area (Å²) in [5.74, 6) is 0.364. The van der Waals surface area contributed by atoms with Gasteiger partial charge in [0.2, 0.25) is 0 Å². The minimum atomic E-state index is -0.779. The topological polar surface area (TPSA) is 79.3 Å². The molecule has 0 radical (unpaired) electrons. The van der Waals surface area contributed by atoms with Crippen molar-refractivity contribution in [1.82, 2.24) is 9.80 Å². The maximum absolute atomic E-state index is 13.6. The van der Waals surface area contributed by atoms with Crippen LogP contribution in [0, 0.1) is 6.92 Å². The second-order valence-electron chi connectivity index (χ2n) is 10.8. The largest absolute Gasteiger partial charge is 0.507 e. The molecule has 226 valence electrons. The summed E-state index contributed by atoms with van der Waals surface area (Å²) in [7, 11) is 0. The third kappa shape index (κ3) is 6.84. The molecule has 0 unspecified atom stereocenters. The van der Waals surface area contributed by atoms with Crippen molar-refractivity contribution in [1.29, 1.82) is 0 Å². The molecule has 1 fully saturated rings. The van der Waals surface area contributed by atoms with Crippen molar-refractivity contribution in [3.05, 3.63) is 131 Å². The molecule has 1 atom stereocenters. The minimum Gasteiger partial charge on any atom is -0.507 e. The van der Waals surface area contributed by atoms with Gasteiger partial charge in [-0.25, -0.2) is 0 Å². The van der Waals surface area contributed by atoms with Crippen molar-refractivity contribution in [2.45, 2.75) is 33.4 Å². The molecule has 1 amide bonds. The third-order valence-corrected chi connectivity index (χ3v) is 7.93. The molecule has 0 aromatic heterocycles. The number of aliphatic hydroxyl groups excluding tert-OH is 1. The van der Waals surface area contributed by atoms with E-state index in [9.17, 15) is 14.7 Å². The van der Waals surface area contributed by atoms with Crippen molar-refractivity contribution in [3.63, 3.8) is 0 Å². The zero-order valence-electron chi connectivity index (χ0n) is 25.4. The first-order valence-corrected chi connectivity index (χ1v) is 15.0. The van der Waals surface area contributed by atoms with Gasteiger partial charge in [0.1, 0.15) is 29.6 Å². The maximum atomic E-state index is 13.6. The Bertz CT molecular complexity index is 1630. The van der Waals surface area contributed by atoms with Gasteiger partial charge in [-0.2, -0.15) is 0 Å². The Morgan fingerprint density at radius 1 is 0.841 bits per heavy atom. The molecule has 1 heterocycles. The quantitative estimate of drug-likeness (QED) is 0.107. The molecule has 4 aromatic rings. The molecule has 7 heteroatoms. The number of carbonyl (C=O) groups excluding carboxylic acids is 2. The van der Waals surface area contributed by atoms with E-state index in [1.165, 1.54) is 0 Å². The SMILES string of the molecule is CCN(CC)CCN1C(=O)C(=O)C(=C(O)c2ccc(OCc3ccccc3)c(C)c2)[C@H]1c1cccc(Oc2ccccc2)c1. The molecule has 0 saturated carbocycles. The van der Waals surface area contributed by atoms with E-state index in [1.54, 1.807) is 23.1 Å². The predicted molar refractivity (Wildman–Crippen MR) is 172 cm³/mol. The number of ether oxygens (including phenoxy) is 2. The number of aliphatic hydroxyl groups is 1. The van der Waals surface area contributed by atoms with Gasteiger partial charge in [0, 0.05) is 18.7 Å². The Hall–Kier alpha value is -4.88. The van der Waals surface area contributed by atoms with Crippen LogP contribution in [0.25, 0.3) is 5.76 Å². The van der Waals surface area contributed by atoms with Crippen LogP contribution >= 0.6 is 0 Å². The summed E-state index contributed by atoms with van der Waals surface area (Å²) in [4.78, 5) is 30.9. The number of ketones is 1. The number of carbonyl (C=O) groups is 2. The highest BCUT2D eigenvalue weighted by molar-refractivity contribution is 6.46. The lowest BCUT2D eigenvalue weighted by Gasteiger charge is -2.28. The molecule has 4 aromatic carbocycles. The number of aryl methyl sites for hydroxylation is 1. The highest BCUT2D eigenvalue weighted by atomic mass is 16.5. The average molecular weight is 591 g/mol. The van der Waals surface area contributed by atoms with Crippen molar-refractivity contribution in [2.24, 2.45) is 0 Å². The Balaban J connectivity index is 1.50. The van der Waals surface area contributed by atoms with Crippen molar-refractivity contribution in [3.8, 4) is 17.2 Å². The number of likely N-dealkylation sites (N-methyl/N-ethyl adjacent to an activating group) is 1. The Morgan fingerprint density at radius 2 is 1.52 bits per heavy atom. The van der Waals surface area contributed by atoms with Crippen LogP contribution in [0.4, 0.5) is 0 Å². The van der Waals surface area contributed by atoms with E-state index in [0.717, 1.165) is 24.2 Å². The lowest BCUT2D eigenvalue weighted by atomic mass is 9.94. The van der Waals surface area contributed by atoms with Crippen LogP contribution in [0.15, 0.2) is 109 Å². The lowest BCUT2D eigenvalue weighted by Crippen LogP contribution is -2.38. The van der Waals surface area contributed by atoms with Gasteiger partial charge in [-0.3, -0.25) is 9.59 Å². The normalized spacial score (nSPS) is 16.0. The summed E-state index contributed by atoms with van der Waals surface area (Å²) >= 11 is 0. The molecule has 5 rings (SSSR count). The number of Topliss-reactive ketones (excluding diaryl/α,β-unsaturated/α-hetero) is 1. The standard InChI is InChI=1S/C37H38N2O5/c1-4-38(5-2)21-22-39-34(28-15-12-18-31(24-28)44-30-16-10-7-11-17-30)33(36(41)37(39)42)35(40)29-19-20-32(26(3)23-29)43-25-27-13-8-6-9-14-27/h6-20,23-24,34,40H,4-5,21-22,25H2,1-3H3/t34-/m1/s1. The van der Waals surface area contributed by atoms with Crippen molar-refractivity contribution < 1.29 is 24.2 Å². The number of amides is 1. The summed E-state index contributed by atoms with van der Waals surface area (Å²) in [5.41, 5.74) is 3.03. The van der Waals surface area contributed by atoms with Crippen molar-refractivity contribution >= 4 is 17.4 Å². The van der Waals surface area contributed by atoms with E-state index < -0.39 is 17.7 Å². The summed E-state index contributed by atoms with van der Waals surface area (Å²) in [6.45, 7) is 9.01. The van der Waals surface area contributed by atoms with E-state index >= 15 is 0 Å². The zero-order chi connectivity index (χ0) is 31.1. The molecule has 7 nitrogen and oxygen atoms in total. The molecule has 0 spiro atoms. The van der Waals surface area contributed by atoms with Crippen LogP contribution in [-0.4, -0.2) is 52.8 Å². The Kier molecular flexibility index (Phi) is 9.77. The van der Waals surface area contributed by atoms with Gasteiger partial charge >= 0.3 is 0 Å². The van der Waals surface area contributed by atoms with Crippen molar-refractivity contribution in [2.75, 3.05) is 26.2 Å². The number of para-hydroxylation sites is 1. The van der Waals surface area contributed by atoms with E-state index in [0.29, 0.717) is 48.1 Å².